The number of anilines is 3. The second kappa shape index (κ2) is 29.0. The minimum absolute atomic E-state index is 0.148. The molecule has 2 aliphatic carbocycles. The molecular weight excluding hydrogens is 1130 g/mol. The van der Waals surface area contributed by atoms with Crippen LogP contribution in [0, 0.1) is 35.5 Å². The molecule has 12 rings (SSSR count). The Kier molecular flexibility index (Phi) is 20.7. The molecule has 0 unspecified atom stereocenters. The Morgan fingerprint density at radius 1 is 0.540 bits per heavy atom. The van der Waals surface area contributed by atoms with E-state index >= 15 is 0 Å². The van der Waals surface area contributed by atoms with E-state index in [0.29, 0.717) is 94.8 Å². The fourth-order valence-electron chi connectivity index (χ4n) is 9.70. The van der Waals surface area contributed by atoms with Crippen molar-refractivity contribution in [1.82, 2.24) is 79.2 Å². The molecule has 460 valence electrons. The van der Waals surface area contributed by atoms with Gasteiger partial charge in [-0.05, 0) is 109 Å². The molecule has 2 atom stereocenters. The van der Waals surface area contributed by atoms with Crippen molar-refractivity contribution in [1.29, 1.82) is 0 Å². The maximum atomic E-state index is 12.5. The topological polar surface area (TPSA) is 252 Å². The van der Waals surface area contributed by atoms with Crippen molar-refractivity contribution in [2.45, 2.75) is 136 Å². The van der Waals surface area contributed by atoms with E-state index < -0.39 is 11.2 Å². The first-order valence-corrected chi connectivity index (χ1v) is 30.5. The van der Waals surface area contributed by atoms with Crippen LogP contribution in [-0.2, 0) is 44.9 Å². The third-order valence-electron chi connectivity index (χ3n) is 14.4. The highest BCUT2D eigenvalue weighted by Gasteiger charge is 2.31. The fourth-order valence-corrected chi connectivity index (χ4v) is 9.84. The zero-order chi connectivity index (χ0) is 60.8. The smallest absolute Gasteiger partial charge is 0.410 e. The van der Waals surface area contributed by atoms with E-state index in [2.05, 4.69) is 93.4 Å². The van der Waals surface area contributed by atoms with Gasteiger partial charge in [0.05, 0.1) is 75.1 Å². The first-order chi connectivity index (χ1) is 42.0. The summed E-state index contributed by atoms with van der Waals surface area (Å²) in [5.74, 6) is 17.5. The van der Waals surface area contributed by atoms with Crippen LogP contribution in [0.15, 0.2) is 62.2 Å². The van der Waals surface area contributed by atoms with Gasteiger partial charge < -0.3 is 43.4 Å². The summed E-state index contributed by atoms with van der Waals surface area (Å²) in [6.45, 7) is 20.4. The summed E-state index contributed by atoms with van der Waals surface area (Å²) in [6, 6.07) is 0. The lowest BCUT2D eigenvalue weighted by atomic mass is 10.1. The van der Waals surface area contributed by atoms with Crippen molar-refractivity contribution in [3.63, 3.8) is 0 Å². The number of amides is 2. The van der Waals surface area contributed by atoms with Crippen molar-refractivity contribution >= 4 is 41.6 Å². The highest BCUT2D eigenvalue weighted by Crippen LogP contribution is 2.28. The van der Waals surface area contributed by atoms with Gasteiger partial charge in [-0.2, -0.15) is 15.2 Å². The van der Waals surface area contributed by atoms with Gasteiger partial charge in [0.2, 0.25) is 23.1 Å². The minimum Gasteiger partial charge on any atom is -0.444 e. The van der Waals surface area contributed by atoms with Crippen LogP contribution in [0.3, 0.4) is 0 Å². The average Bonchev–Trinajstić information content (AvgIpc) is 4.63. The lowest BCUT2D eigenvalue weighted by molar-refractivity contribution is -0.0484. The Bertz CT molecular complexity index is 3340. The van der Waals surface area contributed by atoms with E-state index in [0.717, 1.165) is 73.4 Å². The maximum absolute atomic E-state index is 12.5. The zero-order valence-corrected chi connectivity index (χ0v) is 51.4. The van der Waals surface area contributed by atoms with E-state index in [1.165, 1.54) is 51.3 Å². The van der Waals surface area contributed by atoms with E-state index in [1.807, 2.05) is 89.6 Å². The molecule has 10 heterocycles. The van der Waals surface area contributed by atoms with Crippen LogP contribution >= 0.6 is 11.6 Å². The van der Waals surface area contributed by atoms with Crippen LogP contribution in [0.25, 0.3) is 0 Å². The van der Waals surface area contributed by atoms with Gasteiger partial charge in [0.15, 0.2) is 0 Å². The van der Waals surface area contributed by atoms with Gasteiger partial charge >= 0.3 is 12.2 Å². The lowest BCUT2D eigenvalue weighted by Crippen LogP contribution is -2.48. The number of morpholine rings is 2. The Morgan fingerprint density at radius 3 is 1.43 bits per heavy atom. The van der Waals surface area contributed by atoms with Crippen LogP contribution in [0.4, 0.5) is 27.4 Å². The molecule has 0 aromatic carbocycles. The summed E-state index contributed by atoms with van der Waals surface area (Å²) < 4.78 is 26.3. The number of carbonyl (C=O) groups excluding carboxylic acids is 2. The number of carbonyl (C=O) groups is 2. The number of ether oxygens (including phenoxy) is 4. The molecule has 6 aromatic rings. The lowest BCUT2D eigenvalue weighted by Gasteiger charge is -2.34. The molecule has 2 saturated carbocycles. The summed E-state index contributed by atoms with van der Waals surface area (Å²) >= 11 is 5.78. The van der Waals surface area contributed by atoms with Crippen LogP contribution in [0.1, 0.15) is 120 Å². The number of piperidine rings is 1. The van der Waals surface area contributed by atoms with E-state index in [1.54, 1.807) is 27.0 Å². The van der Waals surface area contributed by atoms with Gasteiger partial charge in [0.25, 0.3) is 0 Å². The summed E-state index contributed by atoms with van der Waals surface area (Å²) in [6.07, 6.45) is 26.6. The van der Waals surface area contributed by atoms with Crippen molar-refractivity contribution in [2.75, 3.05) is 93.4 Å². The van der Waals surface area contributed by atoms with E-state index in [-0.39, 0.29) is 29.7 Å². The van der Waals surface area contributed by atoms with Gasteiger partial charge in [0.1, 0.15) is 35.5 Å². The van der Waals surface area contributed by atoms with Gasteiger partial charge in [-0.25, -0.2) is 54.4 Å². The molecule has 0 radical (unpaired) electrons. The summed E-state index contributed by atoms with van der Waals surface area (Å²) in [5.41, 5.74) is 2.71. The third-order valence-corrected chi connectivity index (χ3v) is 14.6. The summed E-state index contributed by atoms with van der Waals surface area (Å²) in [5, 5.41) is 9.03. The molecule has 0 bridgehead atoms. The standard InChI is InChI=1S/C30H38N10O3.C17H23ClN6O3.C14H17N3/c1-30(2,3)43-29(41)39-12-13-42-25(19-39)20-40-18-24(17-35-40)14-26-33-21-34-28(36-26)38-10-8-37(9-11-38)27-31-15-23(16-32-27)7-6-22-4-5-22;1-17(2,3)27-16(25)23-4-5-26-13(9-23)10-24-8-12(7-21-24)6-14-19-11-20-15(18)22-14;1-2-8-17(9-3-1)14-15-10-13(11-16-14)7-6-12-4-5-12/h15-18,21-22,25H,4-5,8-14,19-20H2,1-3H3;7-8,11,13H,4-6,9-10H2,1-3H3;10-12H,1-5,8-9H2/t25-;13-;/m00./s1. The van der Waals surface area contributed by atoms with Crippen molar-refractivity contribution in [2.24, 2.45) is 11.8 Å². The molecular formula is C61H78ClN19O6. The number of halogens is 1. The number of hydrogen-bond acceptors (Lipinski definition) is 21. The van der Waals surface area contributed by atoms with Crippen LogP contribution in [-0.4, -0.2) is 193 Å². The van der Waals surface area contributed by atoms with Crippen LogP contribution < -0.4 is 14.7 Å². The van der Waals surface area contributed by atoms with Crippen LogP contribution in [0.2, 0.25) is 5.28 Å². The normalized spacial score (nSPS) is 18.8. The van der Waals surface area contributed by atoms with Gasteiger partial charge in [-0.15, -0.1) is 0 Å². The Morgan fingerprint density at radius 2 is 0.977 bits per heavy atom. The highest BCUT2D eigenvalue weighted by atomic mass is 35.5. The quantitative estimate of drug-likeness (QED) is 0.128. The SMILES string of the molecule is C(#CC1CC1)c1cnc(N2CCCCC2)nc1.CC(C)(C)OC(=O)N1CCO[C@H](Cn2cc(Cc3ncnc(Cl)n3)cn2)C1.CC(C)(C)OC(=O)N1CCO[C@H](Cn2cc(Cc3ncnc(N4CCN(c5ncc(C#CC6CC6)cn5)CC4)n3)cn2)C1. The zero-order valence-electron chi connectivity index (χ0n) is 50.7. The highest BCUT2D eigenvalue weighted by molar-refractivity contribution is 6.28. The van der Waals surface area contributed by atoms with Gasteiger partial charge in [0, 0.05) is 114 Å². The molecule has 25 nitrogen and oxygen atoms in total. The predicted octanol–water partition coefficient (Wildman–Crippen LogP) is 6.35. The molecule has 6 aliphatic rings. The van der Waals surface area contributed by atoms with E-state index in [9.17, 15) is 9.59 Å². The minimum atomic E-state index is -0.530. The van der Waals surface area contributed by atoms with Crippen molar-refractivity contribution in [3.05, 3.63) is 101 Å². The second-order valence-corrected chi connectivity index (χ2v) is 24.7. The molecule has 6 fully saturated rings. The molecule has 6 aromatic heterocycles. The Labute approximate surface area is 513 Å². The molecule has 26 heteroatoms. The molecule has 4 aliphatic heterocycles. The fraction of sp³-hybridized carbons (Fsp3) is 0.574. The second-order valence-electron chi connectivity index (χ2n) is 24.4. The molecule has 4 saturated heterocycles. The number of rotatable bonds is 11. The monoisotopic (exact) mass is 1210 g/mol. The Hall–Kier alpha value is -8.13. The first kappa shape index (κ1) is 61.9. The van der Waals surface area contributed by atoms with Gasteiger partial charge in [-0.3, -0.25) is 9.36 Å². The summed E-state index contributed by atoms with van der Waals surface area (Å²) in [4.78, 5) is 78.1. The van der Waals surface area contributed by atoms with Crippen molar-refractivity contribution in [3.8, 4) is 23.7 Å². The molecule has 87 heavy (non-hydrogen) atoms. The summed E-state index contributed by atoms with van der Waals surface area (Å²) in [7, 11) is 0. The van der Waals surface area contributed by atoms with E-state index in [4.69, 9.17) is 35.5 Å². The number of hydrogen-bond donors (Lipinski definition) is 0. The number of nitrogens with zero attached hydrogens (tertiary/aromatic N) is 19. The maximum Gasteiger partial charge on any atom is 0.410 e. The number of aromatic nitrogens is 14. The number of piperazine rings is 1. The average molecular weight is 1210 g/mol. The largest absolute Gasteiger partial charge is 0.444 e. The Balaban J connectivity index is 0.000000161. The van der Waals surface area contributed by atoms with Gasteiger partial charge in [-0.1, -0.05) is 23.7 Å². The predicted molar refractivity (Wildman–Crippen MR) is 324 cm³/mol. The first-order valence-electron chi connectivity index (χ1n) is 30.1. The van der Waals surface area contributed by atoms with Crippen LogP contribution in [0.5, 0.6) is 0 Å². The van der Waals surface area contributed by atoms with Crippen molar-refractivity contribution < 1.29 is 28.5 Å². The molecule has 0 N–H and O–H groups in total. The molecule has 2 amide bonds. The third kappa shape index (κ3) is 20.0. The molecule has 0 spiro atoms.